The molecular formula is C40H21F3N4. The van der Waals surface area contributed by atoms with Gasteiger partial charge in [0.25, 0.3) is 0 Å². The lowest BCUT2D eigenvalue weighted by Crippen LogP contribution is -1.99. The van der Waals surface area contributed by atoms with Gasteiger partial charge in [0.15, 0.2) is 17.5 Å². The number of aromatic nitrogens is 3. The van der Waals surface area contributed by atoms with E-state index < -0.39 is 17.5 Å². The summed E-state index contributed by atoms with van der Waals surface area (Å²) >= 11 is 0. The van der Waals surface area contributed by atoms with E-state index in [0.717, 1.165) is 34.0 Å². The van der Waals surface area contributed by atoms with Crippen molar-refractivity contribution in [3.05, 3.63) is 150 Å². The fourth-order valence-electron chi connectivity index (χ4n) is 6.10. The summed E-state index contributed by atoms with van der Waals surface area (Å²) in [5.41, 5.74) is 7.44. The van der Waals surface area contributed by atoms with Gasteiger partial charge in [0.05, 0.1) is 45.3 Å². The highest BCUT2D eigenvalue weighted by Crippen LogP contribution is 2.41. The van der Waals surface area contributed by atoms with Crippen LogP contribution in [-0.2, 0) is 0 Å². The minimum atomic E-state index is -1.51. The predicted molar refractivity (Wildman–Crippen MR) is 179 cm³/mol. The van der Waals surface area contributed by atoms with E-state index in [1.807, 2.05) is 84.9 Å². The van der Waals surface area contributed by atoms with Crippen molar-refractivity contribution in [2.75, 3.05) is 0 Å². The number of nitriles is 1. The van der Waals surface area contributed by atoms with Gasteiger partial charge in [-0.05, 0) is 35.4 Å². The van der Waals surface area contributed by atoms with E-state index in [9.17, 15) is 18.4 Å². The Kier molecular flexibility index (Phi) is 6.70. The average Bonchev–Trinajstić information content (AvgIpc) is 3.13. The van der Waals surface area contributed by atoms with Crippen LogP contribution in [0.5, 0.6) is 0 Å². The van der Waals surface area contributed by atoms with Gasteiger partial charge < -0.3 is 0 Å². The molecule has 4 nitrogen and oxygen atoms in total. The average molecular weight is 615 g/mol. The van der Waals surface area contributed by atoms with E-state index in [4.69, 9.17) is 15.0 Å². The molecule has 0 aliphatic heterocycles. The summed E-state index contributed by atoms with van der Waals surface area (Å²) in [6.45, 7) is 0. The van der Waals surface area contributed by atoms with E-state index in [0.29, 0.717) is 55.7 Å². The number of pyridine rings is 1. The molecule has 0 spiro atoms. The Morgan fingerprint density at radius 3 is 1.64 bits per heavy atom. The van der Waals surface area contributed by atoms with Crippen molar-refractivity contribution >= 4 is 32.7 Å². The lowest BCUT2D eigenvalue weighted by molar-refractivity contribution is 0.448. The molecule has 0 atom stereocenters. The highest BCUT2D eigenvalue weighted by molar-refractivity contribution is 6.22. The Balaban J connectivity index is 1.43. The zero-order chi connectivity index (χ0) is 32.1. The maximum Gasteiger partial charge on any atom is 0.194 e. The zero-order valence-corrected chi connectivity index (χ0v) is 24.5. The monoisotopic (exact) mass is 614 g/mol. The molecule has 0 bridgehead atoms. The molecule has 7 heteroatoms. The summed E-state index contributed by atoms with van der Waals surface area (Å²) in [4.78, 5) is 15.4. The predicted octanol–water partition coefficient (Wildman–Crippen LogP) is 10.3. The lowest BCUT2D eigenvalue weighted by atomic mass is 9.93. The number of hydrogen-bond donors (Lipinski definition) is 0. The first-order valence-electron chi connectivity index (χ1n) is 14.8. The van der Waals surface area contributed by atoms with Crippen LogP contribution in [0.2, 0.25) is 0 Å². The quantitative estimate of drug-likeness (QED) is 0.146. The van der Waals surface area contributed by atoms with Gasteiger partial charge in [-0.25, -0.2) is 28.1 Å². The minimum Gasteiger partial charge on any atom is -0.247 e. The van der Waals surface area contributed by atoms with E-state index in [-0.39, 0.29) is 5.56 Å². The van der Waals surface area contributed by atoms with Crippen LogP contribution in [0.1, 0.15) is 5.56 Å². The van der Waals surface area contributed by atoms with Gasteiger partial charge >= 0.3 is 0 Å². The van der Waals surface area contributed by atoms with Crippen molar-refractivity contribution in [1.82, 2.24) is 15.0 Å². The molecular weight excluding hydrogens is 593 g/mol. The second-order valence-electron chi connectivity index (χ2n) is 11.1. The number of nitrogens with zero attached hydrogens (tertiary/aromatic N) is 4. The van der Waals surface area contributed by atoms with Crippen LogP contribution < -0.4 is 0 Å². The summed E-state index contributed by atoms with van der Waals surface area (Å²) in [6.07, 6.45) is 0. The number of para-hydroxylation sites is 1. The number of benzene rings is 6. The molecule has 0 fully saturated rings. The fraction of sp³-hybridized carbons (Fsp3) is 0. The highest BCUT2D eigenvalue weighted by atomic mass is 19.2. The van der Waals surface area contributed by atoms with Gasteiger partial charge in [0, 0.05) is 32.8 Å². The van der Waals surface area contributed by atoms with Crippen molar-refractivity contribution in [3.8, 4) is 51.0 Å². The summed E-state index contributed by atoms with van der Waals surface area (Å²) in [6, 6.07) is 40.4. The molecule has 0 aliphatic carbocycles. The first-order chi connectivity index (χ1) is 23.0. The smallest absolute Gasteiger partial charge is 0.194 e. The van der Waals surface area contributed by atoms with Crippen molar-refractivity contribution in [2.24, 2.45) is 0 Å². The standard InChI is InChI=1S/C40H21F3N4/c41-30-19-27(20-31(42)36(30)43)23-15-17-26(18-16-23)37-34-28(22-44)21-33-40(35(34)29-13-7-8-14-32(29)45-37)47-39(25-11-5-2-6-12-25)38(46-33)24-9-3-1-4-10-24/h1-21H. The van der Waals surface area contributed by atoms with Gasteiger partial charge in [0.1, 0.15) is 0 Å². The van der Waals surface area contributed by atoms with Crippen molar-refractivity contribution in [1.29, 1.82) is 5.26 Å². The van der Waals surface area contributed by atoms with Gasteiger partial charge in [0.2, 0.25) is 0 Å². The Morgan fingerprint density at radius 2 is 1.00 bits per heavy atom. The maximum absolute atomic E-state index is 14.0. The first-order valence-corrected chi connectivity index (χ1v) is 14.8. The van der Waals surface area contributed by atoms with Crippen LogP contribution in [0.3, 0.4) is 0 Å². The molecule has 6 aromatic carbocycles. The third-order valence-corrected chi connectivity index (χ3v) is 8.29. The molecule has 0 saturated carbocycles. The number of fused-ring (bicyclic) bond motifs is 5. The molecule has 47 heavy (non-hydrogen) atoms. The molecule has 0 radical (unpaired) electrons. The minimum absolute atomic E-state index is 0.200. The SMILES string of the molecule is N#Cc1cc2nc(-c3ccccc3)c(-c3ccccc3)nc2c2c1c(-c1ccc(-c3cc(F)c(F)c(F)c3)cc1)nc1ccccc12. The van der Waals surface area contributed by atoms with Crippen LogP contribution in [0.25, 0.3) is 77.6 Å². The largest absolute Gasteiger partial charge is 0.247 e. The molecule has 8 aromatic rings. The van der Waals surface area contributed by atoms with Gasteiger partial charge in [-0.3, -0.25) is 0 Å². The van der Waals surface area contributed by atoms with Crippen molar-refractivity contribution in [3.63, 3.8) is 0 Å². The fourth-order valence-corrected chi connectivity index (χ4v) is 6.10. The molecule has 8 rings (SSSR count). The summed E-state index contributed by atoms with van der Waals surface area (Å²) in [5, 5.41) is 12.7. The van der Waals surface area contributed by atoms with Gasteiger partial charge in [-0.1, -0.05) is 103 Å². The molecule has 2 heterocycles. The summed E-state index contributed by atoms with van der Waals surface area (Å²) in [7, 11) is 0. The Morgan fingerprint density at radius 1 is 0.468 bits per heavy atom. The molecule has 0 N–H and O–H groups in total. The molecule has 222 valence electrons. The van der Waals surface area contributed by atoms with Crippen LogP contribution in [-0.4, -0.2) is 15.0 Å². The molecule has 0 saturated heterocycles. The third kappa shape index (κ3) is 4.75. The number of hydrogen-bond acceptors (Lipinski definition) is 4. The molecule has 0 unspecified atom stereocenters. The lowest BCUT2D eigenvalue weighted by Gasteiger charge is -2.16. The third-order valence-electron chi connectivity index (χ3n) is 8.29. The Hall–Kier alpha value is -6.39. The van der Waals surface area contributed by atoms with Crippen LogP contribution >= 0.6 is 0 Å². The van der Waals surface area contributed by atoms with Crippen molar-refractivity contribution < 1.29 is 13.2 Å². The summed E-state index contributed by atoms with van der Waals surface area (Å²) < 4.78 is 41.6. The number of halogens is 3. The molecule has 0 amide bonds. The van der Waals surface area contributed by atoms with Crippen LogP contribution in [0, 0.1) is 28.8 Å². The van der Waals surface area contributed by atoms with Gasteiger partial charge in [-0.2, -0.15) is 5.26 Å². The Labute approximate surface area is 267 Å². The topological polar surface area (TPSA) is 62.5 Å². The van der Waals surface area contributed by atoms with E-state index >= 15 is 0 Å². The zero-order valence-electron chi connectivity index (χ0n) is 24.5. The van der Waals surface area contributed by atoms with Gasteiger partial charge in [-0.15, -0.1) is 0 Å². The van der Waals surface area contributed by atoms with Crippen LogP contribution in [0.4, 0.5) is 13.2 Å². The van der Waals surface area contributed by atoms with Crippen molar-refractivity contribution in [2.45, 2.75) is 0 Å². The van der Waals surface area contributed by atoms with Crippen LogP contribution in [0.15, 0.2) is 127 Å². The maximum atomic E-state index is 14.0. The second-order valence-corrected chi connectivity index (χ2v) is 11.1. The van der Waals surface area contributed by atoms with E-state index in [2.05, 4.69) is 6.07 Å². The first kappa shape index (κ1) is 28.1. The molecule has 2 aromatic heterocycles. The molecule has 0 aliphatic rings. The highest BCUT2D eigenvalue weighted by Gasteiger charge is 2.21. The second kappa shape index (κ2) is 11.2. The van der Waals surface area contributed by atoms with E-state index in [1.54, 1.807) is 30.3 Å². The normalized spacial score (nSPS) is 11.3. The van der Waals surface area contributed by atoms with E-state index in [1.165, 1.54) is 0 Å². The number of rotatable bonds is 4. The summed E-state index contributed by atoms with van der Waals surface area (Å²) in [5.74, 6) is -4.03. The Bertz CT molecular complexity index is 2520.